The van der Waals surface area contributed by atoms with Gasteiger partial charge in [0, 0.05) is 33.3 Å². The molecule has 1 heterocycles. The third-order valence-electron chi connectivity index (χ3n) is 2.69. The summed E-state index contributed by atoms with van der Waals surface area (Å²) in [5.41, 5.74) is 0. The van der Waals surface area contributed by atoms with Gasteiger partial charge in [-0.1, -0.05) is 6.92 Å². The molecule has 1 aromatic heterocycles. The molecule has 1 rings (SSSR count). The fourth-order valence-corrected chi connectivity index (χ4v) is 2.61. The quantitative estimate of drug-likeness (QED) is 0.701. The van der Waals surface area contributed by atoms with Gasteiger partial charge in [-0.15, -0.1) is 0 Å². The summed E-state index contributed by atoms with van der Waals surface area (Å²) < 4.78 is 30.3. The van der Waals surface area contributed by atoms with E-state index in [4.69, 9.17) is 4.42 Å². The van der Waals surface area contributed by atoms with E-state index in [1.54, 1.807) is 0 Å². The Morgan fingerprint density at radius 1 is 1.35 bits per heavy atom. The van der Waals surface area contributed by atoms with Gasteiger partial charge in [0.1, 0.15) is 10.7 Å². The average molecular weight is 303 g/mol. The van der Waals surface area contributed by atoms with Crippen molar-refractivity contribution in [3.63, 3.8) is 0 Å². The molecule has 7 nitrogen and oxygen atoms in total. The van der Waals surface area contributed by atoms with Crippen molar-refractivity contribution in [1.29, 1.82) is 0 Å². The third-order valence-corrected chi connectivity index (χ3v) is 4.61. The van der Waals surface area contributed by atoms with Crippen molar-refractivity contribution >= 4 is 15.9 Å². The van der Waals surface area contributed by atoms with Gasteiger partial charge in [-0.2, -0.15) is 0 Å². The average Bonchev–Trinajstić information content (AvgIpc) is 2.77. The maximum absolute atomic E-state index is 12.0. The van der Waals surface area contributed by atoms with Crippen molar-refractivity contribution in [3.8, 4) is 0 Å². The van der Waals surface area contributed by atoms with Crippen molar-refractivity contribution in [1.82, 2.24) is 14.9 Å². The van der Waals surface area contributed by atoms with Crippen LogP contribution in [-0.2, 0) is 10.0 Å². The lowest BCUT2D eigenvalue weighted by molar-refractivity contribution is 0.0925. The van der Waals surface area contributed by atoms with Gasteiger partial charge in [0.25, 0.3) is 5.91 Å². The van der Waals surface area contributed by atoms with Crippen molar-refractivity contribution in [3.05, 3.63) is 17.6 Å². The van der Waals surface area contributed by atoms with Crippen molar-refractivity contribution < 1.29 is 17.6 Å². The molecule has 0 bridgehead atoms. The molecule has 1 amide bonds. The van der Waals surface area contributed by atoms with Crippen LogP contribution in [0.15, 0.2) is 15.4 Å². The highest BCUT2D eigenvalue weighted by molar-refractivity contribution is 7.89. The van der Waals surface area contributed by atoms with Crippen LogP contribution in [0.2, 0.25) is 0 Å². The van der Waals surface area contributed by atoms with Crippen LogP contribution in [0.4, 0.5) is 0 Å². The molecule has 0 aliphatic heterocycles. The number of nitrogens with one attached hydrogen (secondary N) is 2. The number of sulfonamides is 1. The minimum Gasteiger partial charge on any atom is -0.455 e. The number of hydrogen-bond donors (Lipinski definition) is 2. The Morgan fingerprint density at radius 2 is 2.00 bits per heavy atom. The molecule has 114 valence electrons. The highest BCUT2D eigenvalue weighted by atomic mass is 32.2. The highest BCUT2D eigenvalue weighted by Crippen LogP contribution is 2.22. The van der Waals surface area contributed by atoms with E-state index in [9.17, 15) is 13.2 Å². The zero-order valence-corrected chi connectivity index (χ0v) is 13.0. The fourth-order valence-electron chi connectivity index (χ4n) is 1.56. The highest BCUT2D eigenvalue weighted by Gasteiger charge is 2.25. The summed E-state index contributed by atoms with van der Waals surface area (Å²) in [6, 6.07) is 1.26. The van der Waals surface area contributed by atoms with Gasteiger partial charge in [-0.25, -0.2) is 12.7 Å². The molecule has 20 heavy (non-hydrogen) atoms. The molecule has 0 saturated heterocycles. The van der Waals surface area contributed by atoms with Crippen LogP contribution in [0, 0.1) is 6.92 Å². The first-order valence-corrected chi connectivity index (χ1v) is 7.76. The molecule has 0 atom stereocenters. The van der Waals surface area contributed by atoms with E-state index in [0.717, 1.165) is 10.8 Å². The smallest absolute Gasteiger partial charge is 0.287 e. The van der Waals surface area contributed by atoms with Gasteiger partial charge in [-0.05, 0) is 13.5 Å². The number of rotatable bonds is 7. The summed E-state index contributed by atoms with van der Waals surface area (Å²) >= 11 is 0. The molecule has 0 aliphatic rings. The third kappa shape index (κ3) is 3.81. The monoisotopic (exact) mass is 303 g/mol. The normalized spacial score (nSPS) is 11.8. The van der Waals surface area contributed by atoms with Crippen LogP contribution in [-0.4, -0.2) is 52.4 Å². The minimum atomic E-state index is -3.60. The maximum atomic E-state index is 12.0. The zero-order chi connectivity index (χ0) is 15.3. The first-order valence-electron chi connectivity index (χ1n) is 6.32. The van der Waals surface area contributed by atoms with Gasteiger partial charge in [-0.3, -0.25) is 4.79 Å². The van der Waals surface area contributed by atoms with Gasteiger partial charge in [0.05, 0.1) is 0 Å². The van der Waals surface area contributed by atoms with Crippen molar-refractivity contribution in [2.75, 3.05) is 33.7 Å². The van der Waals surface area contributed by atoms with Gasteiger partial charge in [0.15, 0.2) is 5.76 Å². The molecule has 0 radical (unpaired) electrons. The van der Waals surface area contributed by atoms with Crippen LogP contribution < -0.4 is 10.6 Å². The topological polar surface area (TPSA) is 91.6 Å². The summed E-state index contributed by atoms with van der Waals surface area (Å²) in [5.74, 6) is -0.221. The minimum absolute atomic E-state index is 0.000534. The van der Waals surface area contributed by atoms with Crippen LogP contribution >= 0.6 is 0 Å². The number of carbonyl (C=O) groups is 1. The first kappa shape index (κ1) is 16.7. The van der Waals surface area contributed by atoms with Crippen LogP contribution in [0.5, 0.6) is 0 Å². The lowest BCUT2D eigenvalue weighted by Crippen LogP contribution is -2.31. The second kappa shape index (κ2) is 6.87. The predicted molar refractivity (Wildman–Crippen MR) is 75.2 cm³/mol. The van der Waals surface area contributed by atoms with Crippen molar-refractivity contribution in [2.45, 2.75) is 18.7 Å². The maximum Gasteiger partial charge on any atom is 0.287 e. The van der Waals surface area contributed by atoms with E-state index in [1.165, 1.54) is 27.1 Å². The molecule has 1 aromatic rings. The Balaban J connectivity index is 2.82. The standard InChI is InChI=1S/C12H21N3O4S/c1-5-13-6-7-14-12(16)10-8-11(9(2)19-10)20(17,18)15(3)4/h8,13H,5-7H2,1-4H3,(H,14,16). The summed E-state index contributed by atoms with van der Waals surface area (Å²) in [6.45, 7) is 5.40. The van der Waals surface area contributed by atoms with Gasteiger partial charge >= 0.3 is 0 Å². The van der Waals surface area contributed by atoms with Crippen LogP contribution in [0.3, 0.4) is 0 Å². The van der Waals surface area contributed by atoms with Gasteiger partial charge < -0.3 is 15.1 Å². The largest absolute Gasteiger partial charge is 0.455 e. The zero-order valence-electron chi connectivity index (χ0n) is 12.2. The van der Waals surface area contributed by atoms with E-state index in [2.05, 4.69) is 10.6 Å². The van der Waals surface area contributed by atoms with Crippen LogP contribution in [0.25, 0.3) is 0 Å². The number of furan rings is 1. The van der Waals surface area contributed by atoms with E-state index in [1.807, 2.05) is 6.92 Å². The fraction of sp³-hybridized carbons (Fsp3) is 0.583. The van der Waals surface area contributed by atoms with E-state index in [0.29, 0.717) is 13.1 Å². The number of aryl methyl sites for hydroxylation is 1. The number of carbonyl (C=O) groups excluding carboxylic acids is 1. The molecule has 0 fully saturated rings. The molecular weight excluding hydrogens is 282 g/mol. The molecular formula is C12H21N3O4S. The van der Waals surface area contributed by atoms with E-state index < -0.39 is 15.9 Å². The summed E-state index contributed by atoms with van der Waals surface area (Å²) in [7, 11) is -0.745. The number of hydrogen-bond acceptors (Lipinski definition) is 5. The Kier molecular flexibility index (Phi) is 5.73. The van der Waals surface area contributed by atoms with Crippen LogP contribution in [0.1, 0.15) is 23.2 Å². The lowest BCUT2D eigenvalue weighted by Gasteiger charge is -2.09. The Hall–Kier alpha value is -1.38. The molecule has 0 unspecified atom stereocenters. The molecule has 0 saturated carbocycles. The SMILES string of the molecule is CCNCCNC(=O)c1cc(S(=O)(=O)N(C)C)c(C)o1. The Labute approximate surface area is 119 Å². The summed E-state index contributed by atoms with van der Waals surface area (Å²) in [4.78, 5) is 11.8. The molecule has 2 N–H and O–H groups in total. The van der Waals surface area contributed by atoms with E-state index in [-0.39, 0.29) is 16.4 Å². The number of likely N-dealkylation sites (N-methyl/N-ethyl adjacent to an activating group) is 1. The first-order chi connectivity index (χ1) is 9.30. The molecule has 8 heteroatoms. The molecule has 0 spiro atoms. The predicted octanol–water partition coefficient (Wildman–Crippen LogP) is 0.178. The molecule has 0 aliphatic carbocycles. The van der Waals surface area contributed by atoms with E-state index >= 15 is 0 Å². The lowest BCUT2D eigenvalue weighted by atomic mass is 10.4. The second-order valence-electron chi connectivity index (χ2n) is 4.43. The number of amides is 1. The van der Waals surface area contributed by atoms with Gasteiger partial charge in [0.2, 0.25) is 10.0 Å². The summed E-state index contributed by atoms with van der Waals surface area (Å²) in [5, 5.41) is 5.71. The number of nitrogens with zero attached hydrogens (tertiary/aromatic N) is 1. The molecule has 0 aromatic carbocycles. The second-order valence-corrected chi connectivity index (χ2v) is 6.55. The summed E-state index contributed by atoms with van der Waals surface area (Å²) in [6.07, 6.45) is 0. The Bertz CT molecular complexity index is 563. The van der Waals surface area contributed by atoms with Crippen molar-refractivity contribution in [2.24, 2.45) is 0 Å². The Morgan fingerprint density at radius 3 is 2.55 bits per heavy atom.